The lowest BCUT2D eigenvalue weighted by Gasteiger charge is -2.18. The van der Waals surface area contributed by atoms with Crippen LogP contribution in [0.25, 0.3) is 0 Å². The number of fused-ring (bicyclic) bond motifs is 1. The van der Waals surface area contributed by atoms with Crippen molar-refractivity contribution in [2.24, 2.45) is 11.8 Å². The highest BCUT2D eigenvalue weighted by Crippen LogP contribution is 2.45. The summed E-state index contributed by atoms with van der Waals surface area (Å²) in [5.74, 6) is 1.54. The van der Waals surface area contributed by atoms with Crippen molar-refractivity contribution in [2.45, 2.75) is 37.8 Å². The van der Waals surface area contributed by atoms with Crippen LogP contribution in [0.4, 0.5) is 0 Å². The standard InChI is InChI=1S/C20H18Cl2N4O2/c21-17-7-15(2-1-11(17)8-23)28-16-5-12-3-14(4-13(12)6-16)26-20(27)18-9-25-19(22)10-24-18/h1-2,7,9-10,12-14,16H,3-6H2,(H,26,27)/t12-,13+,14-,16+. The highest BCUT2D eigenvalue weighted by molar-refractivity contribution is 6.31. The number of hydrogen-bond acceptors (Lipinski definition) is 5. The van der Waals surface area contributed by atoms with Crippen molar-refractivity contribution < 1.29 is 9.53 Å². The molecule has 2 fully saturated rings. The molecule has 0 aliphatic heterocycles. The van der Waals surface area contributed by atoms with Gasteiger partial charge in [-0.05, 0) is 49.7 Å². The third-order valence-electron chi connectivity index (χ3n) is 5.52. The number of amides is 1. The van der Waals surface area contributed by atoms with E-state index in [2.05, 4.69) is 15.3 Å². The fourth-order valence-corrected chi connectivity index (χ4v) is 4.63. The highest BCUT2D eigenvalue weighted by atomic mass is 35.5. The number of rotatable bonds is 4. The van der Waals surface area contributed by atoms with Gasteiger partial charge in [0.05, 0.1) is 29.1 Å². The van der Waals surface area contributed by atoms with Gasteiger partial charge in [-0.15, -0.1) is 0 Å². The van der Waals surface area contributed by atoms with E-state index in [1.807, 2.05) is 6.07 Å². The van der Waals surface area contributed by atoms with E-state index in [4.69, 9.17) is 33.2 Å². The average Bonchev–Trinajstić information content (AvgIpc) is 3.20. The predicted octanol–water partition coefficient (Wildman–Crippen LogP) is 4.02. The molecule has 4 atom stereocenters. The van der Waals surface area contributed by atoms with Crippen LogP contribution in [0.3, 0.4) is 0 Å². The third kappa shape index (κ3) is 4.06. The Balaban J connectivity index is 1.30. The molecule has 2 aliphatic carbocycles. The monoisotopic (exact) mass is 416 g/mol. The molecule has 4 rings (SSSR count). The maximum atomic E-state index is 12.3. The van der Waals surface area contributed by atoms with E-state index in [0.717, 1.165) is 25.7 Å². The number of benzene rings is 1. The van der Waals surface area contributed by atoms with Gasteiger partial charge in [-0.1, -0.05) is 23.2 Å². The van der Waals surface area contributed by atoms with Crippen LogP contribution in [0.2, 0.25) is 10.2 Å². The summed E-state index contributed by atoms with van der Waals surface area (Å²) in [5.41, 5.74) is 0.724. The minimum Gasteiger partial charge on any atom is -0.490 e. The second-order valence-corrected chi connectivity index (χ2v) is 8.15. The van der Waals surface area contributed by atoms with E-state index in [1.54, 1.807) is 18.2 Å². The quantitative estimate of drug-likeness (QED) is 0.812. The number of aromatic nitrogens is 2. The van der Waals surface area contributed by atoms with Gasteiger partial charge in [0.1, 0.15) is 22.7 Å². The minimum absolute atomic E-state index is 0.137. The molecule has 2 saturated carbocycles. The van der Waals surface area contributed by atoms with Crippen LogP contribution in [-0.4, -0.2) is 28.0 Å². The molecule has 1 amide bonds. The predicted molar refractivity (Wildman–Crippen MR) is 104 cm³/mol. The molecule has 1 N–H and O–H groups in total. The number of hydrogen-bond donors (Lipinski definition) is 1. The second kappa shape index (κ2) is 7.94. The van der Waals surface area contributed by atoms with Crippen LogP contribution in [0.5, 0.6) is 5.75 Å². The molecule has 0 bridgehead atoms. The summed E-state index contributed by atoms with van der Waals surface area (Å²) >= 11 is 11.8. The molecule has 1 aromatic heterocycles. The molecule has 8 heteroatoms. The first-order chi connectivity index (χ1) is 13.5. The Hall–Kier alpha value is -2.36. The minimum atomic E-state index is -0.214. The zero-order valence-corrected chi connectivity index (χ0v) is 16.5. The number of nitrogens with zero attached hydrogens (tertiary/aromatic N) is 3. The number of nitriles is 1. The van der Waals surface area contributed by atoms with Crippen LogP contribution >= 0.6 is 23.2 Å². The number of halogens is 2. The average molecular weight is 417 g/mol. The number of ether oxygens (including phenoxy) is 1. The summed E-state index contributed by atoms with van der Waals surface area (Å²) in [6.45, 7) is 0. The van der Waals surface area contributed by atoms with Crippen LogP contribution in [0.15, 0.2) is 30.6 Å². The largest absolute Gasteiger partial charge is 0.490 e. The first kappa shape index (κ1) is 19.0. The molecule has 144 valence electrons. The summed E-state index contributed by atoms with van der Waals surface area (Å²) in [7, 11) is 0. The van der Waals surface area contributed by atoms with Crippen molar-refractivity contribution in [1.82, 2.24) is 15.3 Å². The first-order valence-electron chi connectivity index (χ1n) is 9.16. The normalized spacial score (nSPS) is 25.8. The van der Waals surface area contributed by atoms with Gasteiger partial charge in [0.15, 0.2) is 0 Å². The summed E-state index contributed by atoms with van der Waals surface area (Å²) in [6.07, 6.45) is 6.68. The number of nitrogens with one attached hydrogen (secondary N) is 1. The molecule has 28 heavy (non-hydrogen) atoms. The molecule has 1 aromatic carbocycles. The molecule has 0 spiro atoms. The van der Waals surface area contributed by atoms with Gasteiger partial charge in [-0.2, -0.15) is 5.26 Å². The van der Waals surface area contributed by atoms with Gasteiger partial charge in [-0.25, -0.2) is 9.97 Å². The fraction of sp³-hybridized carbons (Fsp3) is 0.400. The lowest BCUT2D eigenvalue weighted by atomic mass is 10.0. The molecule has 2 aromatic rings. The zero-order valence-electron chi connectivity index (χ0n) is 14.9. The van der Waals surface area contributed by atoms with Crippen LogP contribution in [-0.2, 0) is 0 Å². The van der Waals surface area contributed by atoms with E-state index in [1.165, 1.54) is 12.4 Å². The molecule has 0 saturated heterocycles. The summed E-state index contributed by atoms with van der Waals surface area (Å²) < 4.78 is 6.08. The van der Waals surface area contributed by atoms with Crippen molar-refractivity contribution >= 4 is 29.1 Å². The topological polar surface area (TPSA) is 87.9 Å². The van der Waals surface area contributed by atoms with Crippen LogP contribution in [0.1, 0.15) is 41.7 Å². The summed E-state index contributed by atoms with van der Waals surface area (Å²) in [6, 6.07) is 7.35. The SMILES string of the molecule is N#Cc1ccc(O[C@H]2C[C@H]3C[C@@H](NC(=O)c4cnc(Cl)cn4)C[C@H]3C2)cc1Cl. The Morgan fingerprint density at radius 1 is 1.14 bits per heavy atom. The first-order valence-corrected chi connectivity index (χ1v) is 9.92. The van der Waals surface area contributed by atoms with E-state index < -0.39 is 0 Å². The Labute approximate surface area is 172 Å². The Bertz CT molecular complexity index is 915. The summed E-state index contributed by atoms with van der Waals surface area (Å²) in [4.78, 5) is 20.2. The lowest BCUT2D eigenvalue weighted by Crippen LogP contribution is -2.34. The summed E-state index contributed by atoms with van der Waals surface area (Å²) in [5, 5.41) is 12.7. The van der Waals surface area contributed by atoms with Gasteiger partial charge >= 0.3 is 0 Å². The van der Waals surface area contributed by atoms with Gasteiger partial charge in [0.2, 0.25) is 0 Å². The third-order valence-corrected chi connectivity index (χ3v) is 6.03. The zero-order chi connectivity index (χ0) is 19.7. The molecule has 6 nitrogen and oxygen atoms in total. The number of carbonyl (C=O) groups excluding carboxylic acids is 1. The highest BCUT2D eigenvalue weighted by Gasteiger charge is 2.43. The van der Waals surface area contributed by atoms with Crippen molar-refractivity contribution in [3.63, 3.8) is 0 Å². The molecular formula is C20H18Cl2N4O2. The molecule has 1 heterocycles. The number of carbonyl (C=O) groups is 1. The maximum Gasteiger partial charge on any atom is 0.271 e. The second-order valence-electron chi connectivity index (χ2n) is 7.35. The van der Waals surface area contributed by atoms with E-state index in [-0.39, 0.29) is 28.9 Å². The van der Waals surface area contributed by atoms with Crippen molar-refractivity contribution in [1.29, 1.82) is 5.26 Å². The Kier molecular flexibility index (Phi) is 5.38. The maximum absolute atomic E-state index is 12.3. The lowest BCUT2D eigenvalue weighted by molar-refractivity contribution is 0.0929. The van der Waals surface area contributed by atoms with Gasteiger partial charge in [0.25, 0.3) is 5.91 Å². The molecular weight excluding hydrogens is 399 g/mol. The van der Waals surface area contributed by atoms with Crippen molar-refractivity contribution in [3.05, 3.63) is 52.0 Å². The van der Waals surface area contributed by atoms with Crippen LogP contribution in [0, 0.1) is 23.2 Å². The Morgan fingerprint density at radius 3 is 2.50 bits per heavy atom. The molecule has 2 aliphatic rings. The van der Waals surface area contributed by atoms with E-state index in [9.17, 15) is 4.79 Å². The van der Waals surface area contributed by atoms with Crippen LogP contribution < -0.4 is 10.1 Å². The Morgan fingerprint density at radius 2 is 1.89 bits per heavy atom. The van der Waals surface area contributed by atoms with E-state index >= 15 is 0 Å². The molecule has 0 unspecified atom stereocenters. The van der Waals surface area contributed by atoms with Crippen molar-refractivity contribution in [2.75, 3.05) is 0 Å². The smallest absolute Gasteiger partial charge is 0.271 e. The van der Waals surface area contributed by atoms with Gasteiger partial charge in [0, 0.05) is 12.1 Å². The van der Waals surface area contributed by atoms with Crippen molar-refractivity contribution in [3.8, 4) is 11.8 Å². The fourth-order valence-electron chi connectivity index (χ4n) is 4.32. The molecule has 0 radical (unpaired) electrons. The van der Waals surface area contributed by atoms with Gasteiger partial charge < -0.3 is 10.1 Å². The van der Waals surface area contributed by atoms with Gasteiger partial charge in [-0.3, -0.25) is 4.79 Å². The van der Waals surface area contributed by atoms with E-state index in [0.29, 0.717) is 28.2 Å².